The number of aromatic nitrogens is 4. The monoisotopic (exact) mass is 461 g/mol. The van der Waals surface area contributed by atoms with Crippen molar-refractivity contribution in [1.82, 2.24) is 24.5 Å². The van der Waals surface area contributed by atoms with Gasteiger partial charge in [-0.25, -0.2) is 9.37 Å². The predicted molar refractivity (Wildman–Crippen MR) is 129 cm³/mol. The summed E-state index contributed by atoms with van der Waals surface area (Å²) in [5.41, 5.74) is 2.29. The van der Waals surface area contributed by atoms with Crippen LogP contribution in [0.15, 0.2) is 67.5 Å². The maximum absolute atomic E-state index is 13.7. The number of ether oxygens (including phenoxy) is 1. The number of hydrogen-bond acceptors (Lipinski definition) is 7. The molecule has 2 aromatic carbocycles. The maximum Gasteiger partial charge on any atom is 0.247 e. The van der Waals surface area contributed by atoms with Crippen molar-refractivity contribution in [2.45, 2.75) is 0 Å². The average molecular weight is 462 g/mol. The zero-order valence-corrected chi connectivity index (χ0v) is 18.8. The van der Waals surface area contributed by atoms with E-state index in [1.807, 2.05) is 25.1 Å². The normalized spacial score (nSPS) is 10.9. The van der Waals surface area contributed by atoms with Crippen molar-refractivity contribution in [3.05, 3.63) is 73.3 Å². The number of anilines is 3. The quantitative estimate of drug-likeness (QED) is 0.367. The number of benzene rings is 2. The molecule has 0 saturated heterocycles. The predicted octanol–water partition coefficient (Wildman–Crippen LogP) is 3.74. The van der Waals surface area contributed by atoms with Crippen molar-refractivity contribution in [3.63, 3.8) is 0 Å². The molecule has 0 aliphatic rings. The van der Waals surface area contributed by atoms with E-state index in [-0.39, 0.29) is 11.7 Å². The number of hydrogen-bond donors (Lipinski definition) is 2. The highest BCUT2D eigenvalue weighted by Crippen LogP contribution is 2.30. The SMILES string of the molecule is C=CC(=O)Nc1cc(Nc2cn3c(-c4cccc(F)c4)nnc3cn2)ccc1OCCN(C)C. The lowest BCUT2D eigenvalue weighted by atomic mass is 10.2. The minimum absolute atomic E-state index is 0.349. The van der Waals surface area contributed by atoms with Gasteiger partial charge in [-0.2, -0.15) is 0 Å². The number of carbonyl (C=O) groups excluding carboxylic acids is 1. The van der Waals surface area contributed by atoms with Gasteiger partial charge in [0, 0.05) is 17.8 Å². The largest absolute Gasteiger partial charge is 0.490 e. The number of likely N-dealkylation sites (N-methyl/N-ethyl adjacent to an activating group) is 1. The van der Waals surface area contributed by atoms with Gasteiger partial charge >= 0.3 is 0 Å². The number of amides is 1. The number of nitrogens with one attached hydrogen (secondary N) is 2. The Morgan fingerprint density at radius 2 is 2.09 bits per heavy atom. The highest BCUT2D eigenvalue weighted by atomic mass is 19.1. The molecule has 0 aliphatic heterocycles. The van der Waals surface area contributed by atoms with E-state index < -0.39 is 0 Å². The molecule has 0 unspecified atom stereocenters. The molecule has 10 heteroatoms. The van der Waals surface area contributed by atoms with E-state index in [2.05, 4.69) is 32.4 Å². The summed E-state index contributed by atoms with van der Waals surface area (Å²) in [6, 6.07) is 11.5. The van der Waals surface area contributed by atoms with Crippen LogP contribution in [0.2, 0.25) is 0 Å². The van der Waals surface area contributed by atoms with E-state index in [0.717, 1.165) is 6.54 Å². The summed E-state index contributed by atoms with van der Waals surface area (Å²) in [7, 11) is 3.91. The second-order valence-electron chi connectivity index (χ2n) is 7.72. The Morgan fingerprint density at radius 1 is 1.24 bits per heavy atom. The molecule has 4 rings (SSSR count). The van der Waals surface area contributed by atoms with Crippen molar-refractivity contribution in [1.29, 1.82) is 0 Å². The first-order valence-electron chi connectivity index (χ1n) is 10.5. The third kappa shape index (κ3) is 5.36. The molecule has 2 heterocycles. The molecule has 0 spiro atoms. The number of carbonyl (C=O) groups is 1. The fourth-order valence-electron chi connectivity index (χ4n) is 3.19. The van der Waals surface area contributed by atoms with Crippen molar-refractivity contribution >= 4 is 28.7 Å². The molecule has 2 aromatic heterocycles. The van der Waals surface area contributed by atoms with Crippen molar-refractivity contribution in [2.24, 2.45) is 0 Å². The van der Waals surface area contributed by atoms with Crippen LogP contribution < -0.4 is 15.4 Å². The zero-order valence-electron chi connectivity index (χ0n) is 18.8. The van der Waals surface area contributed by atoms with Crippen LogP contribution in [0.5, 0.6) is 5.75 Å². The molecule has 174 valence electrons. The molecular formula is C24H24FN7O2. The highest BCUT2D eigenvalue weighted by molar-refractivity contribution is 6.00. The van der Waals surface area contributed by atoms with E-state index in [4.69, 9.17) is 4.74 Å². The van der Waals surface area contributed by atoms with Crippen LogP contribution in [0.25, 0.3) is 17.0 Å². The molecule has 0 radical (unpaired) electrons. The van der Waals surface area contributed by atoms with Gasteiger partial charge in [-0.1, -0.05) is 18.7 Å². The van der Waals surface area contributed by atoms with Crippen molar-refractivity contribution < 1.29 is 13.9 Å². The minimum Gasteiger partial charge on any atom is -0.490 e. The van der Waals surface area contributed by atoms with Gasteiger partial charge in [-0.05, 0) is 50.5 Å². The Hall–Kier alpha value is -4.31. The van der Waals surface area contributed by atoms with E-state index >= 15 is 0 Å². The Balaban J connectivity index is 1.61. The molecule has 1 amide bonds. The third-order valence-electron chi connectivity index (χ3n) is 4.87. The molecule has 0 aliphatic carbocycles. The number of fused-ring (bicyclic) bond motifs is 1. The first-order chi connectivity index (χ1) is 16.4. The van der Waals surface area contributed by atoms with Crippen LogP contribution in [0.3, 0.4) is 0 Å². The molecule has 0 bridgehead atoms. The summed E-state index contributed by atoms with van der Waals surface area (Å²) in [4.78, 5) is 18.3. The first kappa shape index (κ1) is 22.9. The average Bonchev–Trinajstić information content (AvgIpc) is 3.23. The zero-order chi connectivity index (χ0) is 24.1. The van der Waals surface area contributed by atoms with Crippen LogP contribution >= 0.6 is 0 Å². The maximum atomic E-state index is 13.7. The van der Waals surface area contributed by atoms with Crippen molar-refractivity contribution in [3.8, 4) is 17.1 Å². The van der Waals surface area contributed by atoms with Gasteiger partial charge in [-0.3, -0.25) is 9.20 Å². The lowest BCUT2D eigenvalue weighted by molar-refractivity contribution is -0.111. The molecular weight excluding hydrogens is 437 g/mol. The van der Waals surface area contributed by atoms with Crippen LogP contribution in [0.4, 0.5) is 21.6 Å². The summed E-state index contributed by atoms with van der Waals surface area (Å²) in [6.07, 6.45) is 4.48. The second kappa shape index (κ2) is 10.1. The lowest BCUT2D eigenvalue weighted by Crippen LogP contribution is -2.20. The number of halogens is 1. The van der Waals surface area contributed by atoms with E-state index in [1.165, 1.54) is 18.2 Å². The fourth-order valence-corrected chi connectivity index (χ4v) is 3.19. The second-order valence-corrected chi connectivity index (χ2v) is 7.72. The molecule has 0 saturated carbocycles. The van der Waals surface area contributed by atoms with Gasteiger partial charge in [0.1, 0.15) is 24.0 Å². The van der Waals surface area contributed by atoms with Gasteiger partial charge < -0.3 is 20.3 Å². The van der Waals surface area contributed by atoms with Crippen LogP contribution in [0.1, 0.15) is 0 Å². The van der Waals surface area contributed by atoms with E-state index in [0.29, 0.717) is 46.6 Å². The molecule has 4 aromatic rings. The highest BCUT2D eigenvalue weighted by Gasteiger charge is 2.12. The van der Waals surface area contributed by atoms with Gasteiger partial charge in [0.05, 0.1) is 18.1 Å². The van der Waals surface area contributed by atoms with Gasteiger partial charge in [0.15, 0.2) is 11.5 Å². The molecule has 0 atom stereocenters. The Labute approximate surface area is 195 Å². The lowest BCUT2D eigenvalue weighted by Gasteiger charge is -2.16. The fraction of sp³-hybridized carbons (Fsp3) is 0.167. The Kier molecular flexibility index (Phi) is 6.79. The first-order valence-corrected chi connectivity index (χ1v) is 10.5. The standard InChI is InChI=1S/C24H24FN7O2/c1-4-23(33)28-19-13-18(8-9-20(19)34-11-10-31(2)3)27-21-15-32-22(14-26-21)29-30-24(32)16-6-5-7-17(25)12-16/h4-9,12-15,27H,1,10-11H2,2-3H3,(H,28,33). The third-order valence-corrected chi connectivity index (χ3v) is 4.87. The summed E-state index contributed by atoms with van der Waals surface area (Å²) in [5, 5.41) is 14.2. The topological polar surface area (TPSA) is 96.7 Å². The van der Waals surface area contributed by atoms with Crippen LogP contribution in [-0.2, 0) is 4.79 Å². The van der Waals surface area contributed by atoms with Crippen molar-refractivity contribution in [2.75, 3.05) is 37.9 Å². The molecule has 9 nitrogen and oxygen atoms in total. The number of rotatable bonds is 9. The smallest absolute Gasteiger partial charge is 0.247 e. The molecule has 0 fully saturated rings. The van der Waals surface area contributed by atoms with E-state index in [9.17, 15) is 9.18 Å². The van der Waals surface area contributed by atoms with Gasteiger partial charge in [-0.15, -0.1) is 10.2 Å². The summed E-state index contributed by atoms with van der Waals surface area (Å²) >= 11 is 0. The van der Waals surface area contributed by atoms with Crippen LogP contribution in [0, 0.1) is 5.82 Å². The Bertz CT molecular complexity index is 1340. The molecule has 34 heavy (non-hydrogen) atoms. The summed E-state index contributed by atoms with van der Waals surface area (Å²) in [5.74, 6) is 0.830. The summed E-state index contributed by atoms with van der Waals surface area (Å²) < 4.78 is 21.3. The van der Waals surface area contributed by atoms with Gasteiger partial charge in [0.2, 0.25) is 5.91 Å². The Morgan fingerprint density at radius 3 is 2.85 bits per heavy atom. The van der Waals surface area contributed by atoms with Gasteiger partial charge in [0.25, 0.3) is 0 Å². The summed E-state index contributed by atoms with van der Waals surface area (Å²) in [6.45, 7) is 4.69. The minimum atomic E-state index is -0.358. The molecule has 2 N–H and O–H groups in total. The van der Waals surface area contributed by atoms with E-state index in [1.54, 1.807) is 41.1 Å². The van der Waals surface area contributed by atoms with Crippen LogP contribution in [-0.4, -0.2) is 57.6 Å². The number of nitrogens with zero attached hydrogens (tertiary/aromatic N) is 5.